The Morgan fingerprint density at radius 2 is 2.11 bits per heavy atom. The van der Waals surface area contributed by atoms with Crippen molar-refractivity contribution in [2.75, 3.05) is 39.1 Å². The van der Waals surface area contributed by atoms with Crippen molar-refractivity contribution in [2.24, 2.45) is 7.05 Å². The van der Waals surface area contributed by atoms with Crippen LogP contribution in [0.5, 0.6) is 0 Å². The summed E-state index contributed by atoms with van der Waals surface area (Å²) in [4.78, 5) is 4.59. The van der Waals surface area contributed by atoms with E-state index in [9.17, 15) is 0 Å². The first-order valence-corrected chi connectivity index (χ1v) is 7.11. The summed E-state index contributed by atoms with van der Waals surface area (Å²) >= 11 is 0. The molecule has 1 aliphatic heterocycles. The molecule has 19 heavy (non-hydrogen) atoms. The van der Waals surface area contributed by atoms with Crippen LogP contribution in [0.4, 0.5) is 5.82 Å². The molecule has 1 fully saturated rings. The molecule has 0 unspecified atom stereocenters. The van der Waals surface area contributed by atoms with Crippen molar-refractivity contribution in [2.45, 2.75) is 32.4 Å². The summed E-state index contributed by atoms with van der Waals surface area (Å²) in [5.41, 5.74) is 2.44. The topological polar surface area (TPSA) is 36.3 Å². The van der Waals surface area contributed by atoms with Crippen molar-refractivity contribution >= 4 is 5.82 Å². The smallest absolute Gasteiger partial charge is 0.130 e. The second-order valence-corrected chi connectivity index (χ2v) is 5.81. The standard InChI is InChI=1S/C14H27N5/c1-11-13(14(17(2)3)19(5)16-11)10-15-9-12-7-6-8-18(12)4/h12,15H,6-10H2,1-5H3/t12-/m1/s1. The van der Waals surface area contributed by atoms with Gasteiger partial charge < -0.3 is 15.1 Å². The van der Waals surface area contributed by atoms with E-state index >= 15 is 0 Å². The molecule has 5 heteroatoms. The van der Waals surface area contributed by atoms with E-state index < -0.39 is 0 Å². The molecule has 1 aromatic heterocycles. The molecular formula is C14H27N5. The van der Waals surface area contributed by atoms with E-state index in [2.05, 4.69) is 48.3 Å². The lowest BCUT2D eigenvalue weighted by Gasteiger charge is -2.20. The lowest BCUT2D eigenvalue weighted by atomic mass is 10.2. The van der Waals surface area contributed by atoms with Gasteiger partial charge in [-0.3, -0.25) is 4.68 Å². The van der Waals surface area contributed by atoms with Gasteiger partial charge in [0.1, 0.15) is 5.82 Å². The van der Waals surface area contributed by atoms with Crippen molar-refractivity contribution in [3.05, 3.63) is 11.3 Å². The molecule has 0 amide bonds. The zero-order valence-electron chi connectivity index (χ0n) is 12.9. The van der Waals surface area contributed by atoms with Gasteiger partial charge in [-0.25, -0.2) is 0 Å². The molecule has 2 rings (SSSR count). The van der Waals surface area contributed by atoms with E-state index in [1.54, 1.807) is 0 Å². The first-order valence-electron chi connectivity index (χ1n) is 7.11. The zero-order chi connectivity index (χ0) is 14.0. The van der Waals surface area contributed by atoms with Crippen LogP contribution >= 0.6 is 0 Å². The van der Waals surface area contributed by atoms with Crippen molar-refractivity contribution in [1.29, 1.82) is 0 Å². The highest BCUT2D eigenvalue weighted by Crippen LogP contribution is 2.21. The molecule has 1 N–H and O–H groups in total. The average molecular weight is 265 g/mol. The highest BCUT2D eigenvalue weighted by Gasteiger charge is 2.21. The van der Waals surface area contributed by atoms with Gasteiger partial charge in [-0.15, -0.1) is 0 Å². The molecule has 1 aromatic rings. The Hall–Kier alpha value is -1.07. The predicted molar refractivity (Wildman–Crippen MR) is 79.6 cm³/mol. The molecule has 0 spiro atoms. The summed E-state index contributed by atoms with van der Waals surface area (Å²) in [6, 6.07) is 0.694. The van der Waals surface area contributed by atoms with Crippen LogP contribution in [0.15, 0.2) is 0 Å². The highest BCUT2D eigenvalue weighted by atomic mass is 15.4. The largest absolute Gasteiger partial charge is 0.363 e. The van der Waals surface area contributed by atoms with E-state index in [1.807, 2.05) is 11.7 Å². The molecule has 5 nitrogen and oxygen atoms in total. The maximum Gasteiger partial charge on any atom is 0.130 e. The number of nitrogens with zero attached hydrogens (tertiary/aromatic N) is 4. The number of likely N-dealkylation sites (tertiary alicyclic amines) is 1. The van der Waals surface area contributed by atoms with Crippen LogP contribution < -0.4 is 10.2 Å². The lowest BCUT2D eigenvalue weighted by Crippen LogP contribution is -2.35. The quantitative estimate of drug-likeness (QED) is 0.861. The first kappa shape index (κ1) is 14.3. The van der Waals surface area contributed by atoms with Crippen LogP contribution in [-0.4, -0.2) is 55.0 Å². The fraction of sp³-hybridized carbons (Fsp3) is 0.786. The van der Waals surface area contributed by atoms with Crippen LogP contribution in [0.3, 0.4) is 0 Å². The number of aromatic nitrogens is 2. The number of anilines is 1. The Bertz CT molecular complexity index is 424. The third kappa shape index (κ3) is 3.09. The van der Waals surface area contributed by atoms with Gasteiger partial charge in [0, 0.05) is 45.8 Å². The summed E-state index contributed by atoms with van der Waals surface area (Å²) in [5, 5.41) is 8.12. The zero-order valence-corrected chi connectivity index (χ0v) is 12.9. The van der Waals surface area contributed by atoms with Gasteiger partial charge >= 0.3 is 0 Å². The number of nitrogens with one attached hydrogen (secondary N) is 1. The van der Waals surface area contributed by atoms with Gasteiger partial charge in [0.25, 0.3) is 0 Å². The van der Waals surface area contributed by atoms with Gasteiger partial charge in [-0.2, -0.15) is 5.10 Å². The summed E-state index contributed by atoms with van der Waals surface area (Å²) < 4.78 is 1.97. The van der Waals surface area contributed by atoms with E-state index in [0.717, 1.165) is 18.8 Å². The van der Waals surface area contributed by atoms with E-state index in [0.29, 0.717) is 6.04 Å². The number of rotatable bonds is 5. The van der Waals surface area contributed by atoms with Crippen LogP contribution in [0.2, 0.25) is 0 Å². The number of hydrogen-bond donors (Lipinski definition) is 1. The van der Waals surface area contributed by atoms with Crippen molar-refractivity contribution in [3.63, 3.8) is 0 Å². The minimum absolute atomic E-state index is 0.694. The minimum atomic E-state index is 0.694. The molecule has 1 saturated heterocycles. The Morgan fingerprint density at radius 3 is 2.68 bits per heavy atom. The maximum absolute atomic E-state index is 4.52. The van der Waals surface area contributed by atoms with E-state index in [1.165, 1.54) is 30.8 Å². The number of likely N-dealkylation sites (N-methyl/N-ethyl adjacent to an activating group) is 1. The van der Waals surface area contributed by atoms with Crippen LogP contribution in [0, 0.1) is 6.92 Å². The number of aryl methyl sites for hydroxylation is 2. The monoisotopic (exact) mass is 265 g/mol. The van der Waals surface area contributed by atoms with Crippen LogP contribution in [0.25, 0.3) is 0 Å². The third-order valence-corrected chi connectivity index (χ3v) is 4.09. The van der Waals surface area contributed by atoms with Gasteiger partial charge in [-0.1, -0.05) is 0 Å². The fourth-order valence-electron chi connectivity index (χ4n) is 3.06. The van der Waals surface area contributed by atoms with Crippen LogP contribution in [-0.2, 0) is 13.6 Å². The van der Waals surface area contributed by atoms with Gasteiger partial charge in [0.05, 0.1) is 5.69 Å². The Morgan fingerprint density at radius 1 is 1.37 bits per heavy atom. The van der Waals surface area contributed by atoms with Gasteiger partial charge in [-0.05, 0) is 33.4 Å². The number of hydrogen-bond acceptors (Lipinski definition) is 4. The SMILES string of the molecule is Cc1nn(C)c(N(C)C)c1CNC[C@H]1CCCN1C. The second-order valence-electron chi connectivity index (χ2n) is 5.81. The summed E-state index contributed by atoms with van der Waals surface area (Å²) in [5.74, 6) is 1.20. The minimum Gasteiger partial charge on any atom is -0.363 e. The first-order chi connectivity index (χ1) is 9.00. The van der Waals surface area contributed by atoms with Crippen LogP contribution in [0.1, 0.15) is 24.1 Å². The highest BCUT2D eigenvalue weighted by molar-refractivity contribution is 5.48. The van der Waals surface area contributed by atoms with Gasteiger partial charge in [0.15, 0.2) is 0 Å². The molecule has 0 radical (unpaired) electrons. The van der Waals surface area contributed by atoms with Crippen molar-refractivity contribution in [1.82, 2.24) is 20.0 Å². The predicted octanol–water partition coefficient (Wildman–Crippen LogP) is 0.978. The van der Waals surface area contributed by atoms with E-state index in [4.69, 9.17) is 0 Å². The van der Waals surface area contributed by atoms with Gasteiger partial charge in [0.2, 0.25) is 0 Å². The molecule has 0 bridgehead atoms. The third-order valence-electron chi connectivity index (χ3n) is 4.09. The van der Waals surface area contributed by atoms with Crippen molar-refractivity contribution < 1.29 is 0 Å². The summed E-state index contributed by atoms with van der Waals surface area (Å²) in [6.45, 7) is 5.29. The van der Waals surface area contributed by atoms with E-state index in [-0.39, 0.29) is 0 Å². The molecule has 2 heterocycles. The molecular weight excluding hydrogens is 238 g/mol. The maximum atomic E-state index is 4.52. The summed E-state index contributed by atoms with van der Waals surface area (Å²) in [7, 11) is 8.38. The second kappa shape index (κ2) is 5.92. The average Bonchev–Trinajstić information content (AvgIpc) is 2.84. The fourth-order valence-corrected chi connectivity index (χ4v) is 3.06. The molecule has 1 aliphatic rings. The lowest BCUT2D eigenvalue weighted by molar-refractivity contribution is 0.300. The molecule has 1 atom stereocenters. The Kier molecular flexibility index (Phi) is 4.47. The Labute approximate surface area is 116 Å². The molecule has 0 aliphatic carbocycles. The Balaban J connectivity index is 1.95. The van der Waals surface area contributed by atoms with Crippen molar-refractivity contribution in [3.8, 4) is 0 Å². The molecule has 0 aromatic carbocycles. The molecule has 0 saturated carbocycles. The summed E-state index contributed by atoms with van der Waals surface area (Å²) in [6.07, 6.45) is 2.65. The molecule has 108 valence electrons. The normalized spacial score (nSPS) is 20.2.